The van der Waals surface area contributed by atoms with Gasteiger partial charge in [-0.1, -0.05) is 6.07 Å². The molecule has 0 saturated heterocycles. The van der Waals surface area contributed by atoms with Crippen molar-refractivity contribution >= 4 is 27.5 Å². The minimum Gasteiger partial charge on any atom is -0.493 e. The average molecular weight is 381 g/mol. The van der Waals surface area contributed by atoms with E-state index in [2.05, 4.69) is 26.2 Å². The summed E-state index contributed by atoms with van der Waals surface area (Å²) in [6.45, 7) is 0. The molecular formula is C16H17BrN2O4. The fourth-order valence-electron chi connectivity index (χ4n) is 2.06. The van der Waals surface area contributed by atoms with Crippen LogP contribution in [0.5, 0.6) is 11.5 Å². The zero-order valence-electron chi connectivity index (χ0n) is 12.8. The van der Waals surface area contributed by atoms with Crippen LogP contribution in [0.25, 0.3) is 0 Å². The van der Waals surface area contributed by atoms with Crippen LogP contribution in [0.1, 0.15) is 12.0 Å². The Morgan fingerprint density at radius 1 is 1.22 bits per heavy atom. The summed E-state index contributed by atoms with van der Waals surface area (Å²) in [5.74, 6) is 1.03. The van der Waals surface area contributed by atoms with Crippen molar-refractivity contribution in [1.82, 2.24) is 4.98 Å². The molecule has 2 rings (SSSR count). The largest absolute Gasteiger partial charge is 0.493 e. The van der Waals surface area contributed by atoms with Crippen LogP contribution in [0.2, 0.25) is 0 Å². The highest BCUT2D eigenvalue weighted by atomic mass is 79.9. The quantitative estimate of drug-likeness (QED) is 0.807. The minimum absolute atomic E-state index is 0.219. The number of ether oxygens (including phenoxy) is 2. The smallest absolute Gasteiger partial charge is 0.271 e. The molecule has 0 fully saturated rings. The summed E-state index contributed by atoms with van der Waals surface area (Å²) in [6, 6.07) is 7.07. The van der Waals surface area contributed by atoms with Crippen LogP contribution in [0, 0.1) is 0 Å². The lowest BCUT2D eigenvalue weighted by molar-refractivity contribution is -0.116. The van der Waals surface area contributed by atoms with Crippen molar-refractivity contribution in [2.24, 2.45) is 0 Å². The van der Waals surface area contributed by atoms with Gasteiger partial charge in [-0.15, -0.1) is 0 Å². The topological polar surface area (TPSA) is 80.4 Å². The second-order valence-corrected chi connectivity index (χ2v) is 5.71. The Balaban J connectivity index is 1.99. The van der Waals surface area contributed by atoms with Crippen molar-refractivity contribution < 1.29 is 14.3 Å². The first kappa shape index (κ1) is 17.1. The fraction of sp³-hybridized carbons (Fsp3) is 0.250. The van der Waals surface area contributed by atoms with Gasteiger partial charge in [0.1, 0.15) is 5.69 Å². The number of hydrogen-bond acceptors (Lipinski definition) is 4. The summed E-state index contributed by atoms with van der Waals surface area (Å²) in [5, 5.41) is 2.60. The van der Waals surface area contributed by atoms with Gasteiger partial charge in [-0.05, 0) is 46.1 Å². The number of carbonyl (C=O) groups is 1. The van der Waals surface area contributed by atoms with Crippen LogP contribution in [0.3, 0.4) is 0 Å². The molecule has 0 atom stereocenters. The lowest BCUT2D eigenvalue weighted by Crippen LogP contribution is -2.19. The van der Waals surface area contributed by atoms with Gasteiger partial charge in [-0.3, -0.25) is 9.59 Å². The van der Waals surface area contributed by atoms with Gasteiger partial charge >= 0.3 is 0 Å². The zero-order chi connectivity index (χ0) is 16.8. The number of benzene rings is 1. The molecule has 2 N–H and O–H groups in total. The number of carbonyl (C=O) groups excluding carboxylic acids is 1. The van der Waals surface area contributed by atoms with E-state index in [1.807, 2.05) is 12.1 Å². The van der Waals surface area contributed by atoms with Gasteiger partial charge in [0.15, 0.2) is 11.5 Å². The van der Waals surface area contributed by atoms with Crippen molar-refractivity contribution in [1.29, 1.82) is 0 Å². The van der Waals surface area contributed by atoms with Crippen molar-refractivity contribution in [2.75, 3.05) is 19.5 Å². The van der Waals surface area contributed by atoms with Gasteiger partial charge in [0.25, 0.3) is 5.56 Å². The third-order valence-corrected chi connectivity index (χ3v) is 3.69. The van der Waals surface area contributed by atoms with E-state index in [-0.39, 0.29) is 23.6 Å². The Morgan fingerprint density at radius 3 is 2.65 bits per heavy atom. The number of aromatic amines is 1. The highest BCUT2D eigenvalue weighted by Gasteiger charge is 2.09. The van der Waals surface area contributed by atoms with Gasteiger partial charge < -0.3 is 19.8 Å². The lowest BCUT2D eigenvalue weighted by atomic mass is 10.1. The molecule has 0 aliphatic carbocycles. The Labute approximate surface area is 142 Å². The molecule has 1 heterocycles. The molecule has 0 bridgehead atoms. The summed E-state index contributed by atoms with van der Waals surface area (Å²) in [4.78, 5) is 26.1. The number of pyridine rings is 1. The molecule has 0 spiro atoms. The van der Waals surface area contributed by atoms with E-state index in [1.165, 1.54) is 6.20 Å². The Bertz CT molecular complexity index is 758. The van der Waals surface area contributed by atoms with E-state index in [9.17, 15) is 9.59 Å². The summed E-state index contributed by atoms with van der Waals surface area (Å²) in [5.41, 5.74) is 0.824. The number of halogens is 1. The first-order chi connectivity index (χ1) is 11.0. The molecule has 0 saturated carbocycles. The SMILES string of the molecule is COc1ccc(CCC(=O)Nc2cc(Br)c[nH]c2=O)cc1OC. The number of nitrogens with one attached hydrogen (secondary N) is 2. The van der Waals surface area contributed by atoms with Crippen LogP contribution in [-0.4, -0.2) is 25.1 Å². The molecule has 0 radical (unpaired) electrons. The van der Waals surface area contributed by atoms with E-state index in [4.69, 9.17) is 9.47 Å². The van der Waals surface area contributed by atoms with Crippen LogP contribution in [0.15, 0.2) is 39.7 Å². The number of aryl methyl sites for hydroxylation is 1. The van der Waals surface area contributed by atoms with Gasteiger partial charge in [-0.25, -0.2) is 0 Å². The molecule has 7 heteroatoms. The molecule has 2 aromatic rings. The second kappa shape index (κ2) is 7.82. The van der Waals surface area contributed by atoms with Crippen LogP contribution in [-0.2, 0) is 11.2 Å². The van der Waals surface area contributed by atoms with Gasteiger partial charge in [0, 0.05) is 17.1 Å². The Morgan fingerprint density at radius 2 is 1.96 bits per heavy atom. The van der Waals surface area contributed by atoms with Crippen molar-refractivity contribution in [3.63, 3.8) is 0 Å². The Hall–Kier alpha value is -2.28. The van der Waals surface area contributed by atoms with E-state index in [0.717, 1.165) is 5.56 Å². The maximum Gasteiger partial charge on any atom is 0.271 e. The molecule has 1 aromatic heterocycles. The normalized spacial score (nSPS) is 10.2. The van der Waals surface area contributed by atoms with Crippen LogP contribution >= 0.6 is 15.9 Å². The predicted octanol–water partition coefficient (Wildman–Crippen LogP) is 2.73. The standard InChI is InChI=1S/C16H17BrN2O4/c1-22-13-5-3-10(7-14(13)23-2)4-6-15(20)19-12-8-11(17)9-18-16(12)21/h3,5,7-9H,4,6H2,1-2H3,(H,18,21)(H,19,20). The van der Waals surface area contributed by atoms with Crippen molar-refractivity contribution in [3.05, 3.63) is 50.9 Å². The molecule has 0 aliphatic heterocycles. The van der Waals surface area contributed by atoms with E-state index < -0.39 is 0 Å². The number of hydrogen-bond donors (Lipinski definition) is 2. The van der Waals surface area contributed by atoms with E-state index in [0.29, 0.717) is 22.4 Å². The van der Waals surface area contributed by atoms with Gasteiger partial charge in [0.05, 0.1) is 14.2 Å². The third-order valence-electron chi connectivity index (χ3n) is 3.23. The predicted molar refractivity (Wildman–Crippen MR) is 91.3 cm³/mol. The highest BCUT2D eigenvalue weighted by molar-refractivity contribution is 9.10. The summed E-state index contributed by atoms with van der Waals surface area (Å²) in [7, 11) is 3.13. The van der Waals surface area contributed by atoms with Gasteiger partial charge in [-0.2, -0.15) is 0 Å². The number of methoxy groups -OCH3 is 2. The number of aromatic nitrogens is 1. The lowest BCUT2D eigenvalue weighted by Gasteiger charge is -2.09. The molecule has 1 aromatic carbocycles. The first-order valence-corrected chi connectivity index (χ1v) is 7.71. The zero-order valence-corrected chi connectivity index (χ0v) is 14.4. The second-order valence-electron chi connectivity index (χ2n) is 4.80. The number of rotatable bonds is 6. The molecule has 6 nitrogen and oxygen atoms in total. The van der Waals surface area contributed by atoms with Crippen LogP contribution < -0.4 is 20.3 Å². The third kappa shape index (κ3) is 4.59. The van der Waals surface area contributed by atoms with E-state index in [1.54, 1.807) is 26.4 Å². The Kier molecular flexibility index (Phi) is 5.81. The van der Waals surface area contributed by atoms with E-state index >= 15 is 0 Å². The molecule has 0 aliphatic rings. The molecule has 122 valence electrons. The molecule has 1 amide bonds. The van der Waals surface area contributed by atoms with Gasteiger partial charge in [0.2, 0.25) is 5.91 Å². The minimum atomic E-state index is -0.340. The maximum absolute atomic E-state index is 12.0. The highest BCUT2D eigenvalue weighted by Crippen LogP contribution is 2.28. The summed E-state index contributed by atoms with van der Waals surface area (Å²) in [6.07, 6.45) is 2.29. The monoisotopic (exact) mass is 380 g/mol. The van der Waals surface area contributed by atoms with Crippen molar-refractivity contribution in [3.8, 4) is 11.5 Å². The summed E-state index contributed by atoms with van der Waals surface area (Å²) >= 11 is 3.24. The number of H-pyrrole nitrogens is 1. The number of anilines is 1. The van der Waals surface area contributed by atoms with Crippen LogP contribution in [0.4, 0.5) is 5.69 Å². The molecule has 0 unspecified atom stereocenters. The maximum atomic E-state index is 12.0. The first-order valence-electron chi connectivity index (χ1n) is 6.92. The fourth-order valence-corrected chi connectivity index (χ4v) is 2.40. The average Bonchev–Trinajstić information content (AvgIpc) is 2.56. The summed E-state index contributed by atoms with van der Waals surface area (Å²) < 4.78 is 11.1. The number of amides is 1. The van der Waals surface area contributed by atoms with Crippen molar-refractivity contribution in [2.45, 2.75) is 12.8 Å². The molecular weight excluding hydrogens is 364 g/mol. The molecule has 23 heavy (non-hydrogen) atoms.